The van der Waals surface area contributed by atoms with Gasteiger partial charge in [0.2, 0.25) is 0 Å². The second kappa shape index (κ2) is 9.80. The number of hydrogen-bond donors (Lipinski definition) is 1. The van der Waals surface area contributed by atoms with Crippen LogP contribution in [0.15, 0.2) is 18.2 Å². The highest BCUT2D eigenvalue weighted by molar-refractivity contribution is 5.85. The highest BCUT2D eigenvalue weighted by Gasteiger charge is 2.31. The van der Waals surface area contributed by atoms with Gasteiger partial charge in [-0.2, -0.15) is 0 Å². The summed E-state index contributed by atoms with van der Waals surface area (Å²) < 4.78 is 19.1. The Morgan fingerprint density at radius 2 is 1.83 bits per heavy atom. The predicted molar refractivity (Wildman–Crippen MR) is 96.4 cm³/mol. The van der Waals surface area contributed by atoms with Crippen LogP contribution in [-0.2, 0) is 4.74 Å². The van der Waals surface area contributed by atoms with Crippen LogP contribution in [0.5, 0.6) is 0 Å². The van der Waals surface area contributed by atoms with Crippen molar-refractivity contribution in [1.82, 2.24) is 10.2 Å². The maximum absolute atomic E-state index is 13.6. The molecule has 2 aliphatic heterocycles. The summed E-state index contributed by atoms with van der Waals surface area (Å²) in [4.78, 5) is 2.57. The lowest BCUT2D eigenvalue weighted by Gasteiger charge is -2.41. The Balaban J connectivity index is 0.00000132. The van der Waals surface area contributed by atoms with Crippen LogP contribution in [0.4, 0.5) is 4.39 Å². The SMILES string of the molecule is Cc1cc([C@H](C2CCOCC2)N2CCNCC2)ccc1F.Cl.Cl. The van der Waals surface area contributed by atoms with Crippen LogP contribution >= 0.6 is 24.8 Å². The third kappa shape index (κ3) is 5.04. The second-order valence-electron chi connectivity index (χ2n) is 6.19. The van der Waals surface area contributed by atoms with Crippen LogP contribution in [0.1, 0.15) is 30.0 Å². The van der Waals surface area contributed by atoms with Crippen molar-refractivity contribution in [2.45, 2.75) is 25.8 Å². The van der Waals surface area contributed by atoms with Gasteiger partial charge in [0.1, 0.15) is 5.82 Å². The molecule has 0 spiro atoms. The fraction of sp³-hybridized carbons (Fsp3) is 0.647. The third-order valence-electron chi connectivity index (χ3n) is 4.78. The van der Waals surface area contributed by atoms with E-state index in [-0.39, 0.29) is 30.6 Å². The average Bonchev–Trinajstić information content (AvgIpc) is 2.53. The van der Waals surface area contributed by atoms with Crippen LogP contribution in [0.25, 0.3) is 0 Å². The Morgan fingerprint density at radius 1 is 1.17 bits per heavy atom. The molecule has 0 radical (unpaired) electrons. The van der Waals surface area contributed by atoms with Gasteiger partial charge in [-0.1, -0.05) is 12.1 Å². The predicted octanol–water partition coefficient (Wildman–Crippen LogP) is 3.35. The summed E-state index contributed by atoms with van der Waals surface area (Å²) in [7, 11) is 0. The van der Waals surface area contributed by atoms with E-state index in [4.69, 9.17) is 4.74 Å². The number of aryl methyl sites for hydroxylation is 1. The first-order chi connectivity index (χ1) is 10.3. The van der Waals surface area contributed by atoms with Crippen molar-refractivity contribution in [2.24, 2.45) is 5.92 Å². The Bertz CT molecular complexity index is 460. The van der Waals surface area contributed by atoms with E-state index < -0.39 is 0 Å². The zero-order chi connectivity index (χ0) is 14.7. The molecule has 2 saturated heterocycles. The number of ether oxygens (including phenoxy) is 1. The fourth-order valence-electron chi connectivity index (χ4n) is 3.62. The summed E-state index contributed by atoms with van der Waals surface area (Å²) in [5, 5.41) is 3.42. The van der Waals surface area contributed by atoms with E-state index in [0.717, 1.165) is 57.8 Å². The third-order valence-corrected chi connectivity index (χ3v) is 4.78. The number of piperazine rings is 1. The monoisotopic (exact) mass is 364 g/mol. The van der Waals surface area contributed by atoms with Gasteiger partial charge in [0.05, 0.1) is 0 Å². The standard InChI is InChI=1S/C17H25FN2O.2ClH/c1-13-12-15(2-3-16(13)18)17(14-4-10-21-11-5-14)20-8-6-19-7-9-20;;/h2-3,12,14,17,19H,4-11H2,1H3;2*1H/t17-;;/m0../s1. The summed E-state index contributed by atoms with van der Waals surface area (Å²) in [5.74, 6) is 0.506. The number of nitrogens with one attached hydrogen (secondary N) is 1. The lowest BCUT2D eigenvalue weighted by Crippen LogP contribution is -2.47. The minimum absolute atomic E-state index is 0. The number of halogens is 3. The summed E-state index contributed by atoms with van der Waals surface area (Å²) in [6.45, 7) is 7.79. The van der Waals surface area contributed by atoms with E-state index in [1.54, 1.807) is 6.07 Å². The molecule has 2 aliphatic rings. The summed E-state index contributed by atoms with van der Waals surface area (Å²) >= 11 is 0. The molecule has 6 heteroatoms. The molecule has 1 aromatic carbocycles. The Labute approximate surface area is 150 Å². The molecule has 2 heterocycles. The van der Waals surface area contributed by atoms with E-state index in [2.05, 4.69) is 10.2 Å². The van der Waals surface area contributed by atoms with E-state index >= 15 is 0 Å². The number of rotatable bonds is 3. The van der Waals surface area contributed by atoms with Crippen molar-refractivity contribution in [2.75, 3.05) is 39.4 Å². The zero-order valence-electron chi connectivity index (χ0n) is 13.6. The molecule has 0 aromatic heterocycles. The van der Waals surface area contributed by atoms with Gasteiger partial charge < -0.3 is 10.1 Å². The second-order valence-corrected chi connectivity index (χ2v) is 6.19. The van der Waals surface area contributed by atoms with E-state index in [1.807, 2.05) is 19.1 Å². The molecule has 132 valence electrons. The number of nitrogens with zero attached hydrogens (tertiary/aromatic N) is 1. The first-order valence-corrected chi connectivity index (χ1v) is 8.04. The molecular weight excluding hydrogens is 338 g/mol. The van der Waals surface area contributed by atoms with Gasteiger partial charge in [0.15, 0.2) is 0 Å². The van der Waals surface area contributed by atoms with Crippen molar-refractivity contribution in [1.29, 1.82) is 0 Å². The van der Waals surface area contributed by atoms with Crippen molar-refractivity contribution in [3.05, 3.63) is 35.1 Å². The van der Waals surface area contributed by atoms with Crippen molar-refractivity contribution in [3.63, 3.8) is 0 Å². The maximum Gasteiger partial charge on any atom is 0.126 e. The van der Waals surface area contributed by atoms with E-state index in [0.29, 0.717) is 12.0 Å². The topological polar surface area (TPSA) is 24.5 Å². The lowest BCUT2D eigenvalue weighted by molar-refractivity contribution is 0.0213. The Hall–Kier alpha value is -0.390. The quantitative estimate of drug-likeness (QED) is 0.889. The van der Waals surface area contributed by atoms with Crippen LogP contribution in [-0.4, -0.2) is 44.3 Å². The molecule has 23 heavy (non-hydrogen) atoms. The van der Waals surface area contributed by atoms with Crippen LogP contribution < -0.4 is 5.32 Å². The largest absolute Gasteiger partial charge is 0.381 e. The lowest BCUT2D eigenvalue weighted by atomic mass is 9.85. The van der Waals surface area contributed by atoms with E-state index in [9.17, 15) is 4.39 Å². The average molecular weight is 365 g/mol. The number of hydrogen-bond acceptors (Lipinski definition) is 3. The van der Waals surface area contributed by atoms with Crippen LogP contribution in [0, 0.1) is 18.7 Å². The molecular formula is C17H27Cl2FN2O. The summed E-state index contributed by atoms with van der Waals surface area (Å²) in [6.07, 6.45) is 2.20. The van der Waals surface area contributed by atoms with Crippen molar-refractivity contribution in [3.8, 4) is 0 Å². The van der Waals surface area contributed by atoms with Gasteiger partial charge in [-0.05, 0) is 42.9 Å². The van der Waals surface area contributed by atoms with Crippen LogP contribution in [0.3, 0.4) is 0 Å². The van der Waals surface area contributed by atoms with Gasteiger partial charge >= 0.3 is 0 Å². The summed E-state index contributed by atoms with van der Waals surface area (Å²) in [6, 6.07) is 6.04. The smallest absolute Gasteiger partial charge is 0.126 e. The minimum Gasteiger partial charge on any atom is -0.381 e. The van der Waals surface area contributed by atoms with Crippen molar-refractivity contribution < 1.29 is 9.13 Å². The molecule has 2 fully saturated rings. The fourth-order valence-corrected chi connectivity index (χ4v) is 3.62. The maximum atomic E-state index is 13.6. The van der Waals surface area contributed by atoms with Crippen molar-refractivity contribution >= 4 is 24.8 Å². The first-order valence-electron chi connectivity index (χ1n) is 8.04. The van der Waals surface area contributed by atoms with Gasteiger partial charge in [0.25, 0.3) is 0 Å². The van der Waals surface area contributed by atoms with Gasteiger partial charge in [-0.15, -0.1) is 24.8 Å². The molecule has 1 atom stereocenters. The molecule has 3 rings (SSSR count). The zero-order valence-corrected chi connectivity index (χ0v) is 15.2. The molecule has 1 aromatic rings. The Kier molecular flexibility index (Phi) is 8.80. The number of benzene rings is 1. The van der Waals surface area contributed by atoms with Crippen LogP contribution in [0.2, 0.25) is 0 Å². The minimum atomic E-state index is -0.107. The first kappa shape index (κ1) is 20.7. The molecule has 0 aliphatic carbocycles. The summed E-state index contributed by atoms with van der Waals surface area (Å²) in [5.41, 5.74) is 2.02. The van der Waals surface area contributed by atoms with E-state index in [1.165, 1.54) is 5.56 Å². The molecule has 1 N–H and O–H groups in total. The van der Waals surface area contributed by atoms with Gasteiger partial charge in [-0.3, -0.25) is 4.90 Å². The van der Waals surface area contributed by atoms with Gasteiger partial charge in [0, 0.05) is 45.4 Å². The highest BCUT2D eigenvalue weighted by atomic mass is 35.5. The Morgan fingerprint density at radius 3 is 2.43 bits per heavy atom. The molecule has 0 bridgehead atoms. The molecule has 0 amide bonds. The molecule has 0 unspecified atom stereocenters. The van der Waals surface area contributed by atoms with Gasteiger partial charge in [-0.25, -0.2) is 4.39 Å². The molecule has 3 nitrogen and oxygen atoms in total. The normalized spacial score (nSPS) is 21.1. The highest BCUT2D eigenvalue weighted by Crippen LogP contribution is 2.35. The molecule has 0 saturated carbocycles.